The van der Waals surface area contributed by atoms with Crippen LogP contribution < -0.4 is 10.1 Å². The minimum absolute atomic E-state index is 0.00188. The Morgan fingerprint density at radius 3 is 2.61 bits per heavy atom. The molecule has 2 aromatic rings. The number of carbonyl (C=O) groups excluding carboxylic acids is 1. The molecule has 0 aromatic heterocycles. The Balaban J connectivity index is 2.09. The first-order valence-corrected chi connectivity index (χ1v) is 7.48. The van der Waals surface area contributed by atoms with Gasteiger partial charge in [-0.15, -0.1) is 0 Å². The zero-order valence-corrected chi connectivity index (χ0v) is 13.8. The maximum atomic E-state index is 12.1. The number of nitrogens with one attached hydrogen (secondary N) is 1. The molecule has 0 aliphatic rings. The molecule has 0 aliphatic carbocycles. The quantitative estimate of drug-likeness (QED) is 0.746. The van der Waals surface area contributed by atoms with Gasteiger partial charge in [0.15, 0.2) is 6.61 Å². The van der Waals surface area contributed by atoms with Crippen LogP contribution in [0.4, 0.5) is 18.9 Å². The fourth-order valence-corrected chi connectivity index (χ4v) is 2.46. The van der Waals surface area contributed by atoms with E-state index in [1.54, 1.807) is 12.1 Å². The Bertz CT molecular complexity index is 722. The molecular weight excluding hydrogens is 399 g/mol. The first kappa shape index (κ1) is 17.6. The molecule has 0 aliphatic heterocycles. The average molecular weight is 409 g/mol. The van der Waals surface area contributed by atoms with Crippen molar-refractivity contribution in [2.24, 2.45) is 0 Å². The highest BCUT2D eigenvalue weighted by molar-refractivity contribution is 9.10. The summed E-state index contributed by atoms with van der Waals surface area (Å²) in [6.07, 6.45) is -4.43. The van der Waals surface area contributed by atoms with Crippen LogP contribution >= 0.6 is 27.5 Å². The van der Waals surface area contributed by atoms with Gasteiger partial charge in [0.25, 0.3) is 5.91 Å². The van der Waals surface area contributed by atoms with Crippen LogP contribution in [0.25, 0.3) is 0 Å². The number of ether oxygens (including phenoxy) is 1. The van der Waals surface area contributed by atoms with Crippen molar-refractivity contribution in [1.29, 1.82) is 0 Å². The van der Waals surface area contributed by atoms with Crippen molar-refractivity contribution in [1.82, 2.24) is 0 Å². The number of amides is 1. The fraction of sp³-hybridized carbons (Fsp3) is 0.133. The van der Waals surface area contributed by atoms with E-state index in [4.69, 9.17) is 11.6 Å². The van der Waals surface area contributed by atoms with Crippen LogP contribution in [0.2, 0.25) is 5.02 Å². The summed E-state index contributed by atoms with van der Waals surface area (Å²) in [5.74, 6) is -0.475. The third-order valence-electron chi connectivity index (χ3n) is 2.67. The highest BCUT2D eigenvalue weighted by Crippen LogP contribution is 2.24. The maximum absolute atomic E-state index is 12.1. The Hall–Kier alpha value is -1.73. The van der Waals surface area contributed by atoms with Gasteiger partial charge in [-0.1, -0.05) is 33.6 Å². The number of carbonyl (C=O) groups is 1. The second-order valence-electron chi connectivity index (χ2n) is 4.51. The zero-order valence-electron chi connectivity index (χ0n) is 11.5. The summed E-state index contributed by atoms with van der Waals surface area (Å²) in [5.41, 5.74) is 0.546. The first-order chi connectivity index (χ1) is 10.7. The molecule has 3 nitrogen and oxygen atoms in total. The molecule has 1 amide bonds. The van der Waals surface area contributed by atoms with E-state index in [9.17, 15) is 18.0 Å². The predicted octanol–water partition coefficient (Wildman–Crippen LogP) is 5.30. The van der Waals surface area contributed by atoms with Crippen molar-refractivity contribution < 1.29 is 22.7 Å². The van der Waals surface area contributed by atoms with Crippen LogP contribution in [-0.4, -0.2) is 18.7 Å². The van der Waals surface area contributed by atoms with E-state index in [0.717, 1.165) is 4.47 Å². The zero-order chi connectivity index (χ0) is 17.0. The van der Waals surface area contributed by atoms with E-state index >= 15 is 0 Å². The molecule has 23 heavy (non-hydrogen) atoms. The van der Waals surface area contributed by atoms with Crippen molar-refractivity contribution in [2.75, 3.05) is 11.9 Å². The van der Waals surface area contributed by atoms with Gasteiger partial charge in [-0.3, -0.25) is 4.79 Å². The van der Waals surface area contributed by atoms with Crippen LogP contribution in [0.5, 0.6) is 5.75 Å². The molecule has 0 bridgehead atoms. The van der Waals surface area contributed by atoms with Crippen molar-refractivity contribution >= 4 is 39.1 Å². The summed E-state index contributed by atoms with van der Waals surface area (Å²) in [6.45, 7) is -1.40. The smallest absolute Gasteiger partial charge is 0.422 e. The van der Waals surface area contributed by atoms with E-state index in [1.165, 1.54) is 30.3 Å². The van der Waals surface area contributed by atoms with E-state index in [2.05, 4.69) is 26.0 Å². The Kier molecular flexibility index (Phi) is 5.54. The summed E-state index contributed by atoms with van der Waals surface area (Å²) < 4.78 is 41.8. The lowest BCUT2D eigenvalue weighted by Gasteiger charge is -2.11. The number of alkyl halides is 3. The third kappa shape index (κ3) is 5.44. The van der Waals surface area contributed by atoms with Crippen LogP contribution in [0, 0.1) is 0 Å². The molecule has 0 radical (unpaired) electrons. The van der Waals surface area contributed by atoms with Gasteiger partial charge in [-0.2, -0.15) is 13.2 Å². The molecule has 2 aromatic carbocycles. The number of anilines is 1. The van der Waals surface area contributed by atoms with E-state index < -0.39 is 18.7 Å². The van der Waals surface area contributed by atoms with Gasteiger partial charge in [0.05, 0.1) is 10.6 Å². The van der Waals surface area contributed by atoms with Crippen LogP contribution in [-0.2, 0) is 0 Å². The van der Waals surface area contributed by atoms with Gasteiger partial charge in [-0.25, -0.2) is 0 Å². The molecule has 122 valence electrons. The second kappa shape index (κ2) is 7.23. The van der Waals surface area contributed by atoms with Crippen LogP contribution in [0.15, 0.2) is 46.9 Å². The molecule has 0 heterocycles. The molecule has 0 unspecified atom stereocenters. The Morgan fingerprint density at radius 1 is 1.22 bits per heavy atom. The van der Waals surface area contributed by atoms with Crippen LogP contribution in [0.3, 0.4) is 0 Å². The molecule has 0 fully saturated rings. The topological polar surface area (TPSA) is 38.3 Å². The van der Waals surface area contributed by atoms with Crippen molar-refractivity contribution in [2.45, 2.75) is 6.18 Å². The summed E-state index contributed by atoms with van der Waals surface area (Å²) in [4.78, 5) is 12.1. The molecule has 1 N–H and O–H groups in total. The molecule has 8 heteroatoms. The normalized spacial score (nSPS) is 11.2. The number of hydrogen-bond donors (Lipinski definition) is 1. The number of hydrogen-bond acceptors (Lipinski definition) is 2. The average Bonchev–Trinajstić information content (AvgIpc) is 2.44. The van der Waals surface area contributed by atoms with Crippen molar-refractivity contribution in [3.05, 3.63) is 57.5 Å². The third-order valence-corrected chi connectivity index (χ3v) is 3.48. The monoisotopic (exact) mass is 407 g/mol. The summed E-state index contributed by atoms with van der Waals surface area (Å²) in [5, 5.41) is 2.81. The maximum Gasteiger partial charge on any atom is 0.422 e. The molecule has 2 rings (SSSR count). The molecule has 0 spiro atoms. The Labute approximate surface area is 143 Å². The minimum atomic E-state index is -4.43. The highest BCUT2D eigenvalue weighted by Gasteiger charge is 2.28. The standard InChI is InChI=1S/C15H10BrClF3NO2/c16-9-4-5-12(13(17)6-9)14(22)21-10-2-1-3-11(7-10)23-8-15(18,19)20/h1-7H,8H2,(H,21,22). The largest absolute Gasteiger partial charge is 0.484 e. The Morgan fingerprint density at radius 2 is 1.96 bits per heavy atom. The second-order valence-corrected chi connectivity index (χ2v) is 5.83. The molecular formula is C15H10BrClF3NO2. The van der Waals surface area contributed by atoms with Gasteiger partial charge >= 0.3 is 6.18 Å². The highest BCUT2D eigenvalue weighted by atomic mass is 79.9. The van der Waals surface area contributed by atoms with Gasteiger partial charge in [0.1, 0.15) is 5.75 Å². The lowest BCUT2D eigenvalue weighted by molar-refractivity contribution is -0.153. The number of benzene rings is 2. The first-order valence-electron chi connectivity index (χ1n) is 6.30. The van der Waals surface area contributed by atoms with Gasteiger partial charge in [0.2, 0.25) is 0 Å². The molecule has 0 atom stereocenters. The van der Waals surface area contributed by atoms with Gasteiger partial charge < -0.3 is 10.1 Å². The predicted molar refractivity (Wildman–Crippen MR) is 85.1 cm³/mol. The van der Waals surface area contributed by atoms with Crippen molar-refractivity contribution in [3.8, 4) is 5.75 Å². The SMILES string of the molecule is O=C(Nc1cccc(OCC(F)(F)F)c1)c1ccc(Br)cc1Cl. The lowest BCUT2D eigenvalue weighted by atomic mass is 10.2. The lowest BCUT2D eigenvalue weighted by Crippen LogP contribution is -2.19. The van der Waals surface area contributed by atoms with Crippen molar-refractivity contribution in [3.63, 3.8) is 0 Å². The van der Waals surface area contributed by atoms with Gasteiger partial charge in [-0.05, 0) is 30.3 Å². The van der Waals surface area contributed by atoms with Gasteiger partial charge in [0, 0.05) is 16.2 Å². The fourth-order valence-electron chi connectivity index (χ4n) is 1.70. The minimum Gasteiger partial charge on any atom is -0.484 e. The van der Waals surface area contributed by atoms with Crippen LogP contribution in [0.1, 0.15) is 10.4 Å². The molecule has 0 saturated carbocycles. The van der Waals surface area contributed by atoms with E-state index in [0.29, 0.717) is 5.69 Å². The number of halogens is 5. The summed E-state index contributed by atoms with van der Waals surface area (Å²) in [7, 11) is 0. The summed E-state index contributed by atoms with van der Waals surface area (Å²) in [6, 6.07) is 10.4. The van der Waals surface area contributed by atoms with E-state index in [1.807, 2.05) is 0 Å². The van der Waals surface area contributed by atoms with E-state index in [-0.39, 0.29) is 16.3 Å². The molecule has 0 saturated heterocycles. The summed E-state index contributed by atoms with van der Waals surface area (Å²) >= 11 is 9.21. The number of rotatable bonds is 4.